The Morgan fingerprint density at radius 2 is 1.40 bits per heavy atom. The summed E-state index contributed by atoms with van der Waals surface area (Å²) in [6.07, 6.45) is 23.0. The van der Waals surface area contributed by atoms with Crippen LogP contribution in [0, 0.1) is 0 Å². The van der Waals surface area contributed by atoms with Gasteiger partial charge < -0.3 is 10.8 Å². The van der Waals surface area contributed by atoms with Crippen molar-refractivity contribution < 1.29 is 5.11 Å². The van der Waals surface area contributed by atoms with Gasteiger partial charge in [-0.05, 0) is 12.8 Å². The Kier molecular flexibility index (Phi) is 16.0. The van der Waals surface area contributed by atoms with Gasteiger partial charge >= 0.3 is 0 Å². The number of aliphatic hydroxyl groups excluding tert-OH is 1. The van der Waals surface area contributed by atoms with E-state index in [9.17, 15) is 0 Å². The minimum absolute atomic E-state index is 0.0167. The molecule has 0 aliphatic carbocycles. The van der Waals surface area contributed by atoms with Gasteiger partial charge in [0.05, 0.1) is 6.61 Å². The summed E-state index contributed by atoms with van der Waals surface area (Å²) in [6.45, 7) is 2.29. The van der Waals surface area contributed by atoms with E-state index < -0.39 is 0 Å². The van der Waals surface area contributed by atoms with Gasteiger partial charge in [0.2, 0.25) is 0 Å². The van der Waals surface area contributed by atoms with Crippen LogP contribution in [-0.4, -0.2) is 17.8 Å². The normalized spacial score (nSPS) is 13.6. The van der Waals surface area contributed by atoms with Gasteiger partial charge in [-0.15, -0.1) is 0 Å². The lowest BCUT2D eigenvalue weighted by molar-refractivity contribution is 0.284. The minimum Gasteiger partial charge on any atom is -0.394 e. The van der Waals surface area contributed by atoms with Crippen LogP contribution < -0.4 is 5.73 Å². The predicted molar refractivity (Wildman–Crippen MR) is 89.8 cm³/mol. The third-order valence-corrected chi connectivity index (χ3v) is 3.54. The molecule has 0 fully saturated rings. The average molecular weight is 281 g/mol. The SMILES string of the molecule is CCCCCCCCCCCC/C=C/C=C/[C@@H](N)CO. The smallest absolute Gasteiger partial charge is 0.0618 e. The van der Waals surface area contributed by atoms with Gasteiger partial charge in [-0.1, -0.05) is 89.0 Å². The summed E-state index contributed by atoms with van der Waals surface area (Å²) in [5, 5.41) is 8.74. The van der Waals surface area contributed by atoms with Crippen molar-refractivity contribution in [1.82, 2.24) is 0 Å². The number of nitrogens with two attached hydrogens (primary N) is 1. The lowest BCUT2D eigenvalue weighted by atomic mass is 10.1. The van der Waals surface area contributed by atoms with Crippen LogP contribution in [0.5, 0.6) is 0 Å². The van der Waals surface area contributed by atoms with E-state index in [2.05, 4.69) is 13.0 Å². The maximum atomic E-state index is 8.74. The summed E-state index contributed by atoms with van der Waals surface area (Å²) >= 11 is 0. The van der Waals surface area contributed by atoms with Crippen molar-refractivity contribution in [3.8, 4) is 0 Å². The Morgan fingerprint density at radius 3 is 1.95 bits per heavy atom. The summed E-state index contributed by atoms with van der Waals surface area (Å²) in [6, 6.07) is -0.225. The fraction of sp³-hybridized carbons (Fsp3) is 0.778. The zero-order valence-electron chi connectivity index (χ0n) is 13.4. The number of aliphatic hydroxyl groups is 1. The molecule has 2 heteroatoms. The van der Waals surface area contributed by atoms with Gasteiger partial charge in [0, 0.05) is 6.04 Å². The second-order valence-electron chi connectivity index (χ2n) is 5.63. The maximum absolute atomic E-state index is 8.74. The quantitative estimate of drug-likeness (QED) is 0.357. The molecular formula is C18H35NO. The Morgan fingerprint density at radius 1 is 0.850 bits per heavy atom. The molecule has 0 saturated carbocycles. The van der Waals surface area contributed by atoms with Crippen molar-refractivity contribution in [3.05, 3.63) is 24.3 Å². The molecule has 0 bridgehead atoms. The Labute approximate surface area is 126 Å². The van der Waals surface area contributed by atoms with E-state index in [0.717, 1.165) is 6.42 Å². The lowest BCUT2D eigenvalue weighted by Gasteiger charge is -2.01. The Hall–Kier alpha value is -0.600. The molecule has 0 radical (unpaired) electrons. The number of allylic oxidation sites excluding steroid dienone is 3. The van der Waals surface area contributed by atoms with Gasteiger partial charge in [0.15, 0.2) is 0 Å². The van der Waals surface area contributed by atoms with E-state index in [1.807, 2.05) is 18.2 Å². The standard InChI is InChI=1S/C18H35NO/c1-2-3-4-5-6-7-8-9-10-11-12-13-14-15-16-18(19)17-20/h13-16,18,20H,2-12,17,19H2,1H3/b14-13+,16-15+/t18-/m1/s1. The molecule has 0 saturated heterocycles. The van der Waals surface area contributed by atoms with Gasteiger partial charge in [-0.2, -0.15) is 0 Å². The molecule has 118 valence electrons. The number of hydrogen-bond acceptors (Lipinski definition) is 2. The molecule has 0 aliphatic heterocycles. The second kappa shape index (κ2) is 16.5. The van der Waals surface area contributed by atoms with Crippen molar-refractivity contribution >= 4 is 0 Å². The zero-order chi connectivity index (χ0) is 14.9. The molecule has 1 atom stereocenters. The van der Waals surface area contributed by atoms with Gasteiger partial charge in [-0.3, -0.25) is 0 Å². The van der Waals surface area contributed by atoms with E-state index in [4.69, 9.17) is 10.8 Å². The first-order chi connectivity index (χ1) is 9.81. The molecule has 0 aliphatic rings. The van der Waals surface area contributed by atoms with E-state index in [-0.39, 0.29) is 12.6 Å². The molecule has 0 aromatic heterocycles. The number of unbranched alkanes of at least 4 members (excludes halogenated alkanes) is 10. The zero-order valence-corrected chi connectivity index (χ0v) is 13.4. The van der Waals surface area contributed by atoms with E-state index in [0.29, 0.717) is 0 Å². The van der Waals surface area contributed by atoms with Gasteiger partial charge in [0.25, 0.3) is 0 Å². The molecule has 3 N–H and O–H groups in total. The summed E-state index contributed by atoms with van der Waals surface area (Å²) in [4.78, 5) is 0. The summed E-state index contributed by atoms with van der Waals surface area (Å²) in [7, 11) is 0. The molecular weight excluding hydrogens is 246 g/mol. The third kappa shape index (κ3) is 15.5. The minimum atomic E-state index is -0.225. The predicted octanol–water partition coefficient (Wildman–Crippen LogP) is 4.73. The fourth-order valence-corrected chi connectivity index (χ4v) is 2.19. The summed E-state index contributed by atoms with van der Waals surface area (Å²) in [5.41, 5.74) is 5.55. The van der Waals surface area contributed by atoms with Gasteiger partial charge in [0.1, 0.15) is 0 Å². The van der Waals surface area contributed by atoms with Crippen LogP contribution in [0.1, 0.15) is 77.6 Å². The first kappa shape index (κ1) is 19.4. The van der Waals surface area contributed by atoms with Crippen LogP contribution in [0.2, 0.25) is 0 Å². The van der Waals surface area contributed by atoms with E-state index in [1.54, 1.807) is 0 Å². The Bertz CT molecular complexity index is 236. The maximum Gasteiger partial charge on any atom is 0.0618 e. The number of hydrogen-bond donors (Lipinski definition) is 2. The molecule has 0 spiro atoms. The first-order valence-corrected chi connectivity index (χ1v) is 8.51. The molecule has 2 nitrogen and oxygen atoms in total. The van der Waals surface area contributed by atoms with Gasteiger partial charge in [-0.25, -0.2) is 0 Å². The summed E-state index contributed by atoms with van der Waals surface area (Å²) in [5.74, 6) is 0. The highest BCUT2D eigenvalue weighted by molar-refractivity contribution is 5.05. The van der Waals surface area contributed by atoms with Crippen molar-refractivity contribution in [3.63, 3.8) is 0 Å². The largest absolute Gasteiger partial charge is 0.394 e. The first-order valence-electron chi connectivity index (χ1n) is 8.51. The average Bonchev–Trinajstić information content (AvgIpc) is 2.47. The van der Waals surface area contributed by atoms with Crippen LogP contribution in [0.15, 0.2) is 24.3 Å². The van der Waals surface area contributed by atoms with Crippen LogP contribution in [0.25, 0.3) is 0 Å². The summed E-state index contributed by atoms with van der Waals surface area (Å²) < 4.78 is 0. The highest BCUT2D eigenvalue weighted by atomic mass is 16.3. The van der Waals surface area contributed by atoms with Crippen LogP contribution in [-0.2, 0) is 0 Å². The van der Waals surface area contributed by atoms with E-state index in [1.165, 1.54) is 64.2 Å². The molecule has 20 heavy (non-hydrogen) atoms. The number of rotatable bonds is 14. The lowest BCUT2D eigenvalue weighted by Crippen LogP contribution is -2.20. The van der Waals surface area contributed by atoms with Crippen molar-refractivity contribution in [2.75, 3.05) is 6.61 Å². The molecule has 0 aromatic rings. The van der Waals surface area contributed by atoms with Crippen molar-refractivity contribution in [2.45, 2.75) is 83.6 Å². The third-order valence-electron chi connectivity index (χ3n) is 3.54. The highest BCUT2D eigenvalue weighted by Gasteiger charge is 1.92. The topological polar surface area (TPSA) is 46.2 Å². The van der Waals surface area contributed by atoms with E-state index >= 15 is 0 Å². The molecule has 0 rings (SSSR count). The second-order valence-corrected chi connectivity index (χ2v) is 5.63. The monoisotopic (exact) mass is 281 g/mol. The van der Waals surface area contributed by atoms with Crippen molar-refractivity contribution in [2.24, 2.45) is 5.73 Å². The molecule has 0 heterocycles. The fourth-order valence-electron chi connectivity index (χ4n) is 2.19. The van der Waals surface area contributed by atoms with Crippen LogP contribution in [0.3, 0.4) is 0 Å². The molecule has 0 amide bonds. The van der Waals surface area contributed by atoms with Crippen LogP contribution in [0.4, 0.5) is 0 Å². The van der Waals surface area contributed by atoms with Crippen LogP contribution >= 0.6 is 0 Å². The van der Waals surface area contributed by atoms with Crippen molar-refractivity contribution in [1.29, 1.82) is 0 Å². The molecule has 0 unspecified atom stereocenters. The Balaban J connectivity index is 3.16. The highest BCUT2D eigenvalue weighted by Crippen LogP contribution is 2.11. The molecule has 0 aromatic carbocycles.